The molecule has 2 aromatic carbocycles. The van der Waals surface area contributed by atoms with Crippen LogP contribution >= 0.6 is 0 Å². The van der Waals surface area contributed by atoms with Gasteiger partial charge in [-0.3, -0.25) is 9.48 Å². The highest BCUT2D eigenvalue weighted by Gasteiger charge is 2.32. The number of aryl methyl sites for hydroxylation is 1. The van der Waals surface area contributed by atoms with Gasteiger partial charge >= 0.3 is 0 Å². The van der Waals surface area contributed by atoms with Crippen LogP contribution in [-0.2, 0) is 16.3 Å². The number of nitrogens with one attached hydrogen (secondary N) is 1. The minimum absolute atomic E-state index is 0.0581. The maximum absolute atomic E-state index is 12.7. The summed E-state index contributed by atoms with van der Waals surface area (Å²) >= 11 is 0. The first-order valence-electron chi connectivity index (χ1n) is 10.1. The Morgan fingerprint density at radius 2 is 1.87 bits per heavy atom. The van der Waals surface area contributed by atoms with E-state index in [0.717, 1.165) is 28.8 Å². The number of sulfone groups is 1. The standard InChI is InChI=1S/C23H25N3O3S/c1-17-7-9-19(10-8-17)22-15-21(25-26(22)20-12-14-30(28,29)16-20)23(27)24-13-11-18-5-3-2-4-6-18/h2-10,15,20H,11-14,16H2,1H3,(H,24,27)/t20-/m1/s1. The van der Waals surface area contributed by atoms with Crippen molar-refractivity contribution in [1.82, 2.24) is 15.1 Å². The maximum Gasteiger partial charge on any atom is 0.271 e. The monoisotopic (exact) mass is 423 g/mol. The highest BCUT2D eigenvalue weighted by atomic mass is 32.2. The molecule has 0 unspecified atom stereocenters. The highest BCUT2D eigenvalue weighted by molar-refractivity contribution is 7.91. The minimum atomic E-state index is -3.07. The van der Waals surface area contributed by atoms with Gasteiger partial charge in [0.05, 0.1) is 23.2 Å². The van der Waals surface area contributed by atoms with Gasteiger partial charge in [-0.1, -0.05) is 60.2 Å². The maximum atomic E-state index is 12.7. The van der Waals surface area contributed by atoms with Gasteiger partial charge in [0, 0.05) is 6.54 Å². The summed E-state index contributed by atoms with van der Waals surface area (Å²) in [5.74, 6) is -0.0367. The Kier molecular flexibility index (Phi) is 5.72. The van der Waals surface area contributed by atoms with Crippen LogP contribution in [0.2, 0.25) is 0 Å². The zero-order valence-electron chi connectivity index (χ0n) is 16.9. The van der Waals surface area contributed by atoms with Crippen LogP contribution in [0.3, 0.4) is 0 Å². The smallest absolute Gasteiger partial charge is 0.271 e. The first-order valence-corrected chi connectivity index (χ1v) is 11.9. The second kappa shape index (κ2) is 8.44. The number of aromatic nitrogens is 2. The highest BCUT2D eigenvalue weighted by Crippen LogP contribution is 2.30. The van der Waals surface area contributed by atoms with Gasteiger partial charge in [0.25, 0.3) is 5.91 Å². The van der Waals surface area contributed by atoms with E-state index in [1.165, 1.54) is 0 Å². The van der Waals surface area contributed by atoms with Crippen LogP contribution in [0.1, 0.15) is 34.1 Å². The molecule has 1 N–H and O–H groups in total. The van der Waals surface area contributed by atoms with Crippen molar-refractivity contribution in [3.8, 4) is 11.3 Å². The lowest BCUT2D eigenvalue weighted by atomic mass is 10.1. The van der Waals surface area contributed by atoms with Crippen molar-refractivity contribution in [2.45, 2.75) is 25.8 Å². The molecule has 1 fully saturated rings. The molecular formula is C23H25N3O3S. The third-order valence-corrected chi connectivity index (χ3v) is 7.16. The predicted octanol–water partition coefficient (Wildman–Crippen LogP) is 3.19. The van der Waals surface area contributed by atoms with Crippen LogP contribution in [0, 0.1) is 6.92 Å². The van der Waals surface area contributed by atoms with E-state index in [1.54, 1.807) is 10.7 Å². The zero-order valence-corrected chi connectivity index (χ0v) is 17.7. The lowest BCUT2D eigenvalue weighted by Crippen LogP contribution is -2.26. The second-order valence-electron chi connectivity index (χ2n) is 7.77. The van der Waals surface area contributed by atoms with Gasteiger partial charge in [0.15, 0.2) is 15.5 Å². The average Bonchev–Trinajstić information content (AvgIpc) is 3.33. The number of hydrogen-bond acceptors (Lipinski definition) is 4. The van der Waals surface area contributed by atoms with Gasteiger partial charge in [-0.05, 0) is 37.0 Å². The molecular weight excluding hydrogens is 398 g/mol. The van der Waals surface area contributed by atoms with Gasteiger partial charge < -0.3 is 5.32 Å². The van der Waals surface area contributed by atoms with Crippen molar-refractivity contribution in [3.63, 3.8) is 0 Å². The van der Waals surface area contributed by atoms with E-state index in [9.17, 15) is 13.2 Å². The summed E-state index contributed by atoms with van der Waals surface area (Å²) in [6, 6.07) is 19.4. The molecule has 0 saturated carbocycles. The Morgan fingerprint density at radius 1 is 1.13 bits per heavy atom. The fraction of sp³-hybridized carbons (Fsp3) is 0.304. The molecule has 4 rings (SSSR count). The van der Waals surface area contributed by atoms with Gasteiger partial charge in [0.1, 0.15) is 0 Å². The van der Waals surface area contributed by atoms with Crippen LogP contribution in [0.15, 0.2) is 60.7 Å². The lowest BCUT2D eigenvalue weighted by molar-refractivity contribution is 0.0948. The van der Waals surface area contributed by atoms with Crippen molar-refractivity contribution in [2.24, 2.45) is 0 Å². The normalized spacial score (nSPS) is 17.7. The third kappa shape index (κ3) is 4.62. The van der Waals surface area contributed by atoms with Crippen LogP contribution < -0.4 is 5.32 Å². The Hall–Kier alpha value is -2.93. The summed E-state index contributed by atoms with van der Waals surface area (Å²) in [7, 11) is -3.07. The van der Waals surface area contributed by atoms with Crippen molar-refractivity contribution in [2.75, 3.05) is 18.1 Å². The molecule has 2 heterocycles. The SMILES string of the molecule is Cc1ccc(-c2cc(C(=O)NCCc3ccccc3)nn2[C@@H]2CCS(=O)(=O)C2)cc1. The third-order valence-electron chi connectivity index (χ3n) is 5.41. The van der Waals surface area contributed by atoms with Crippen LogP contribution in [-0.4, -0.2) is 42.2 Å². The minimum Gasteiger partial charge on any atom is -0.350 e. The van der Waals surface area contributed by atoms with E-state index >= 15 is 0 Å². The molecule has 1 atom stereocenters. The molecule has 0 bridgehead atoms. The molecule has 7 heteroatoms. The largest absolute Gasteiger partial charge is 0.350 e. The van der Waals surface area contributed by atoms with Gasteiger partial charge in [-0.15, -0.1) is 0 Å². The summed E-state index contributed by atoms with van der Waals surface area (Å²) in [5, 5.41) is 7.44. The first kappa shape index (κ1) is 20.3. The van der Waals surface area contributed by atoms with E-state index < -0.39 is 9.84 Å². The Morgan fingerprint density at radius 3 is 2.53 bits per heavy atom. The molecule has 156 valence electrons. The Bertz CT molecular complexity index is 1140. The number of hydrogen-bond donors (Lipinski definition) is 1. The zero-order chi connectivity index (χ0) is 21.1. The molecule has 1 aromatic heterocycles. The molecule has 1 amide bonds. The molecule has 3 aromatic rings. The molecule has 0 spiro atoms. The summed E-state index contributed by atoms with van der Waals surface area (Å²) in [6.45, 7) is 2.52. The molecule has 6 nitrogen and oxygen atoms in total. The van der Waals surface area contributed by atoms with Crippen molar-refractivity contribution < 1.29 is 13.2 Å². The van der Waals surface area contributed by atoms with Crippen molar-refractivity contribution in [3.05, 3.63) is 77.5 Å². The predicted molar refractivity (Wildman–Crippen MR) is 117 cm³/mol. The van der Waals surface area contributed by atoms with Crippen LogP contribution in [0.5, 0.6) is 0 Å². The van der Waals surface area contributed by atoms with E-state index in [-0.39, 0.29) is 23.5 Å². The summed E-state index contributed by atoms with van der Waals surface area (Å²) < 4.78 is 25.7. The second-order valence-corrected chi connectivity index (χ2v) is 10.0. The molecule has 1 aliphatic rings. The lowest BCUT2D eigenvalue weighted by Gasteiger charge is -2.13. The number of carbonyl (C=O) groups is 1. The van der Waals surface area contributed by atoms with Gasteiger partial charge in [-0.25, -0.2) is 8.42 Å². The molecule has 1 aliphatic heterocycles. The van der Waals surface area contributed by atoms with E-state index in [2.05, 4.69) is 10.4 Å². The number of nitrogens with zero attached hydrogens (tertiary/aromatic N) is 2. The topological polar surface area (TPSA) is 81.1 Å². The molecule has 0 aliphatic carbocycles. The quantitative estimate of drug-likeness (QED) is 0.660. The van der Waals surface area contributed by atoms with E-state index in [4.69, 9.17) is 0 Å². The fourth-order valence-electron chi connectivity index (χ4n) is 3.75. The first-order chi connectivity index (χ1) is 14.4. The molecule has 30 heavy (non-hydrogen) atoms. The number of amides is 1. The Labute approximate surface area is 176 Å². The number of rotatable bonds is 6. The number of carbonyl (C=O) groups excluding carboxylic acids is 1. The molecule has 1 saturated heterocycles. The summed E-state index contributed by atoms with van der Waals surface area (Å²) in [5.41, 5.74) is 4.28. The van der Waals surface area contributed by atoms with Crippen molar-refractivity contribution >= 4 is 15.7 Å². The van der Waals surface area contributed by atoms with E-state index in [0.29, 0.717) is 18.7 Å². The van der Waals surface area contributed by atoms with E-state index in [1.807, 2.05) is 61.5 Å². The summed E-state index contributed by atoms with van der Waals surface area (Å²) in [6.07, 6.45) is 1.25. The van der Waals surface area contributed by atoms with Crippen LogP contribution in [0.4, 0.5) is 0 Å². The van der Waals surface area contributed by atoms with Crippen LogP contribution in [0.25, 0.3) is 11.3 Å². The number of benzene rings is 2. The van der Waals surface area contributed by atoms with Gasteiger partial charge in [0.2, 0.25) is 0 Å². The molecule has 0 radical (unpaired) electrons. The van der Waals surface area contributed by atoms with Gasteiger partial charge in [-0.2, -0.15) is 5.10 Å². The Balaban J connectivity index is 1.56. The fourth-order valence-corrected chi connectivity index (χ4v) is 5.44. The summed E-state index contributed by atoms with van der Waals surface area (Å²) in [4.78, 5) is 12.7. The van der Waals surface area contributed by atoms with Crippen molar-refractivity contribution in [1.29, 1.82) is 0 Å². The average molecular weight is 424 g/mol.